The Bertz CT molecular complexity index is 959. The molecule has 1 aromatic rings. The number of amides is 3. The van der Waals surface area contributed by atoms with E-state index in [1.807, 2.05) is 34.9 Å². The molecule has 3 N–H and O–H groups in total. The number of nitrogens with zero attached hydrogens (tertiary/aromatic N) is 4. The van der Waals surface area contributed by atoms with Crippen LogP contribution < -0.4 is 11.1 Å². The number of nitriles is 1. The van der Waals surface area contributed by atoms with Crippen molar-refractivity contribution in [3.63, 3.8) is 0 Å². The molecule has 170 valence electrons. The molecule has 3 fully saturated rings. The summed E-state index contributed by atoms with van der Waals surface area (Å²) in [6.07, 6.45) is 2.22. The lowest BCUT2D eigenvalue weighted by molar-refractivity contribution is -0.140. The number of piperazine rings is 1. The Labute approximate surface area is 188 Å². The Morgan fingerprint density at radius 2 is 2.16 bits per heavy atom. The van der Waals surface area contributed by atoms with Crippen LogP contribution in [0.15, 0.2) is 24.3 Å². The summed E-state index contributed by atoms with van der Waals surface area (Å²) in [6, 6.07) is 8.00. The van der Waals surface area contributed by atoms with E-state index >= 15 is 0 Å². The van der Waals surface area contributed by atoms with Gasteiger partial charge in [0.15, 0.2) is 0 Å². The van der Waals surface area contributed by atoms with Gasteiger partial charge in [-0.25, -0.2) is 0 Å². The van der Waals surface area contributed by atoms with Crippen molar-refractivity contribution < 1.29 is 14.4 Å². The van der Waals surface area contributed by atoms with Gasteiger partial charge in [-0.05, 0) is 43.9 Å². The van der Waals surface area contributed by atoms with Crippen molar-refractivity contribution in [1.82, 2.24) is 20.0 Å². The predicted molar refractivity (Wildman–Crippen MR) is 117 cm³/mol. The van der Waals surface area contributed by atoms with Gasteiger partial charge in [-0.15, -0.1) is 0 Å². The molecule has 1 unspecified atom stereocenters. The van der Waals surface area contributed by atoms with Crippen molar-refractivity contribution >= 4 is 17.7 Å². The number of nitrogens with one attached hydrogen (secondary N) is 1. The highest BCUT2D eigenvalue weighted by Crippen LogP contribution is 2.38. The number of likely N-dealkylation sites (tertiary alicyclic amines) is 3. The summed E-state index contributed by atoms with van der Waals surface area (Å²) in [5.74, 6) is -0.329. The van der Waals surface area contributed by atoms with E-state index in [0.29, 0.717) is 38.0 Å². The van der Waals surface area contributed by atoms with Gasteiger partial charge in [0.1, 0.15) is 6.04 Å². The first-order valence-corrected chi connectivity index (χ1v) is 11.2. The summed E-state index contributed by atoms with van der Waals surface area (Å²) in [6.45, 7) is 3.53. The Balaban J connectivity index is 1.41. The van der Waals surface area contributed by atoms with Crippen LogP contribution in [0.3, 0.4) is 0 Å². The summed E-state index contributed by atoms with van der Waals surface area (Å²) in [5, 5.41) is 11.9. The Kier molecular flexibility index (Phi) is 6.17. The van der Waals surface area contributed by atoms with Crippen LogP contribution in [0.25, 0.3) is 0 Å². The number of rotatable bonds is 6. The maximum absolute atomic E-state index is 13.2. The van der Waals surface area contributed by atoms with Crippen molar-refractivity contribution in [3.05, 3.63) is 35.4 Å². The van der Waals surface area contributed by atoms with Gasteiger partial charge in [0.2, 0.25) is 11.8 Å². The quantitative estimate of drug-likeness (QED) is 0.656. The highest BCUT2D eigenvalue weighted by atomic mass is 16.2. The van der Waals surface area contributed by atoms with Gasteiger partial charge >= 0.3 is 0 Å². The molecule has 9 heteroatoms. The lowest BCUT2D eigenvalue weighted by atomic mass is 10.0. The molecule has 4 rings (SSSR count). The summed E-state index contributed by atoms with van der Waals surface area (Å²) < 4.78 is 0. The predicted octanol–water partition coefficient (Wildman–Crippen LogP) is 0.234. The number of fused-ring (bicyclic) bond motifs is 2. The minimum atomic E-state index is -0.744. The van der Waals surface area contributed by atoms with Crippen LogP contribution in [-0.4, -0.2) is 83.3 Å². The van der Waals surface area contributed by atoms with Crippen LogP contribution in [0.5, 0.6) is 0 Å². The maximum Gasteiger partial charge on any atom is 0.251 e. The number of benzene rings is 1. The van der Waals surface area contributed by atoms with E-state index < -0.39 is 12.1 Å². The molecule has 1 aromatic carbocycles. The SMILES string of the molecule is CNC(=O)c1cccc([C@@H](C)N2C(=O)[C@H]3CC2CN3C[C@H](N)C(=O)N2CCC[C@H]2C#N)c1. The zero-order valence-corrected chi connectivity index (χ0v) is 18.5. The Morgan fingerprint density at radius 1 is 1.38 bits per heavy atom. The van der Waals surface area contributed by atoms with Crippen molar-refractivity contribution in [1.29, 1.82) is 5.26 Å². The largest absolute Gasteiger partial charge is 0.355 e. The number of carbonyl (C=O) groups excluding carboxylic acids is 3. The third kappa shape index (κ3) is 3.85. The lowest BCUT2D eigenvalue weighted by Gasteiger charge is -2.38. The fourth-order valence-electron chi connectivity index (χ4n) is 5.35. The first-order chi connectivity index (χ1) is 15.3. The molecule has 0 aromatic heterocycles. The van der Waals surface area contributed by atoms with Crippen molar-refractivity contribution in [3.8, 4) is 6.07 Å². The summed E-state index contributed by atoms with van der Waals surface area (Å²) in [7, 11) is 1.59. The molecule has 3 aliphatic rings. The van der Waals surface area contributed by atoms with E-state index in [-0.39, 0.29) is 35.8 Å². The number of carbonyl (C=O) groups is 3. The molecule has 0 spiro atoms. The summed E-state index contributed by atoms with van der Waals surface area (Å²) in [5.41, 5.74) is 7.70. The molecule has 3 amide bonds. The van der Waals surface area contributed by atoms with E-state index in [2.05, 4.69) is 11.4 Å². The minimum absolute atomic E-state index is 0.0369. The number of hydrogen-bond donors (Lipinski definition) is 2. The molecule has 2 bridgehead atoms. The first-order valence-electron chi connectivity index (χ1n) is 11.2. The number of nitrogens with two attached hydrogens (primary N) is 1. The van der Waals surface area contributed by atoms with Crippen molar-refractivity contribution in [2.75, 3.05) is 26.7 Å². The first kappa shape index (κ1) is 22.2. The molecule has 9 nitrogen and oxygen atoms in total. The topological polar surface area (TPSA) is 123 Å². The second-order valence-corrected chi connectivity index (χ2v) is 8.91. The molecule has 0 saturated carbocycles. The zero-order chi connectivity index (χ0) is 23.0. The molecule has 3 saturated heterocycles. The molecule has 0 aliphatic carbocycles. The lowest BCUT2D eigenvalue weighted by Crippen LogP contribution is -2.56. The van der Waals surface area contributed by atoms with Crippen molar-refractivity contribution in [2.45, 2.75) is 56.4 Å². The van der Waals surface area contributed by atoms with Crippen LogP contribution in [0.1, 0.15) is 48.1 Å². The van der Waals surface area contributed by atoms with Crippen LogP contribution in [-0.2, 0) is 9.59 Å². The van der Waals surface area contributed by atoms with Gasteiger partial charge in [-0.1, -0.05) is 12.1 Å². The molecular formula is C23H30N6O3. The molecular weight excluding hydrogens is 408 g/mol. The summed E-state index contributed by atoms with van der Waals surface area (Å²) >= 11 is 0. The average Bonchev–Trinajstić information content (AvgIpc) is 3.52. The monoisotopic (exact) mass is 438 g/mol. The van der Waals surface area contributed by atoms with E-state index in [1.54, 1.807) is 18.0 Å². The van der Waals surface area contributed by atoms with Crippen LogP contribution in [0.2, 0.25) is 0 Å². The normalized spacial score (nSPS) is 26.8. The minimum Gasteiger partial charge on any atom is -0.355 e. The maximum atomic E-state index is 13.2. The van der Waals surface area contributed by atoms with Crippen LogP contribution in [0.4, 0.5) is 0 Å². The van der Waals surface area contributed by atoms with E-state index in [4.69, 9.17) is 5.73 Å². The van der Waals surface area contributed by atoms with Crippen LogP contribution >= 0.6 is 0 Å². The molecule has 3 heterocycles. The van der Waals surface area contributed by atoms with Gasteiger partial charge in [0, 0.05) is 38.3 Å². The highest BCUT2D eigenvalue weighted by Gasteiger charge is 2.51. The fourth-order valence-corrected chi connectivity index (χ4v) is 5.35. The smallest absolute Gasteiger partial charge is 0.251 e. The average molecular weight is 439 g/mol. The fraction of sp³-hybridized carbons (Fsp3) is 0.565. The second kappa shape index (κ2) is 8.88. The van der Waals surface area contributed by atoms with Gasteiger partial charge in [0.25, 0.3) is 5.91 Å². The Hall–Kier alpha value is -2.96. The third-order valence-electron chi connectivity index (χ3n) is 7.02. The van der Waals surface area contributed by atoms with Gasteiger partial charge in [0.05, 0.1) is 24.2 Å². The van der Waals surface area contributed by atoms with E-state index in [1.165, 1.54) is 0 Å². The summed E-state index contributed by atoms with van der Waals surface area (Å²) in [4.78, 5) is 43.4. The van der Waals surface area contributed by atoms with Crippen molar-refractivity contribution in [2.24, 2.45) is 5.73 Å². The molecule has 32 heavy (non-hydrogen) atoms. The van der Waals surface area contributed by atoms with Gasteiger partial charge in [-0.2, -0.15) is 5.26 Å². The number of hydrogen-bond acceptors (Lipinski definition) is 6. The van der Waals surface area contributed by atoms with Gasteiger partial charge < -0.3 is 20.9 Å². The highest BCUT2D eigenvalue weighted by molar-refractivity contribution is 5.94. The third-order valence-corrected chi connectivity index (χ3v) is 7.02. The molecule has 0 radical (unpaired) electrons. The molecule has 3 aliphatic heterocycles. The van der Waals surface area contributed by atoms with E-state index in [0.717, 1.165) is 12.0 Å². The van der Waals surface area contributed by atoms with Gasteiger partial charge in [-0.3, -0.25) is 19.3 Å². The molecule has 5 atom stereocenters. The Morgan fingerprint density at radius 3 is 2.84 bits per heavy atom. The standard InChI is InChI=1S/C23H30N6O3/c1-14(15-5-3-6-16(9-15)21(30)26-2)29-18-10-20(23(29)32)27(12-18)13-19(25)22(31)28-8-4-7-17(28)11-24/h3,5-6,9,14,17-20H,4,7-8,10,12-13,25H2,1-2H3,(H,26,30)/t14-,17+,18?,19+,20-/m1/s1. The zero-order valence-electron chi connectivity index (χ0n) is 18.5. The second-order valence-electron chi connectivity index (χ2n) is 8.91. The van der Waals surface area contributed by atoms with E-state index in [9.17, 15) is 19.6 Å². The van der Waals surface area contributed by atoms with Crippen LogP contribution in [0, 0.1) is 11.3 Å².